The summed E-state index contributed by atoms with van der Waals surface area (Å²) in [5.41, 5.74) is -0.259. The van der Waals surface area contributed by atoms with E-state index in [9.17, 15) is 14.3 Å². The quantitative estimate of drug-likeness (QED) is 0.893. The Balaban J connectivity index is 3.02. The molecule has 0 bridgehead atoms. The number of rotatable bonds is 4. The maximum Gasteiger partial charge on any atom is 0.309 e. The molecule has 0 saturated carbocycles. The van der Waals surface area contributed by atoms with Crippen LogP contribution in [0.25, 0.3) is 0 Å². The molecule has 1 rings (SSSR count). The molecule has 0 amide bonds. The van der Waals surface area contributed by atoms with Crippen LogP contribution >= 0.6 is 11.6 Å². The standard InChI is InChI=1S/C13H16ClFO2/c1-8(2)13(3,12(16)17)7-9-4-5-10(14)11(15)6-9/h4-6,8H,7H2,1-3H3,(H,16,17). The molecule has 1 aromatic carbocycles. The minimum absolute atomic E-state index is 0.0428. The zero-order chi connectivity index (χ0) is 13.2. The first-order chi connectivity index (χ1) is 7.77. The molecule has 0 heterocycles. The van der Waals surface area contributed by atoms with Gasteiger partial charge in [-0.2, -0.15) is 0 Å². The van der Waals surface area contributed by atoms with E-state index in [0.717, 1.165) is 0 Å². The van der Waals surface area contributed by atoms with E-state index in [1.807, 2.05) is 13.8 Å². The van der Waals surface area contributed by atoms with Crippen molar-refractivity contribution in [3.8, 4) is 0 Å². The number of aliphatic carboxylic acids is 1. The van der Waals surface area contributed by atoms with Crippen LogP contribution < -0.4 is 0 Å². The SMILES string of the molecule is CC(C)C(C)(Cc1ccc(Cl)c(F)c1)C(=O)O. The molecule has 0 radical (unpaired) electrons. The highest BCUT2D eigenvalue weighted by molar-refractivity contribution is 6.30. The van der Waals surface area contributed by atoms with Gasteiger partial charge in [0.2, 0.25) is 0 Å². The first kappa shape index (κ1) is 14.0. The average molecular weight is 259 g/mol. The van der Waals surface area contributed by atoms with E-state index in [0.29, 0.717) is 5.56 Å². The molecule has 2 nitrogen and oxygen atoms in total. The largest absolute Gasteiger partial charge is 0.481 e. The summed E-state index contributed by atoms with van der Waals surface area (Å²) >= 11 is 5.59. The van der Waals surface area contributed by atoms with Crippen molar-refractivity contribution in [3.63, 3.8) is 0 Å². The Hall–Kier alpha value is -1.09. The molecule has 94 valence electrons. The van der Waals surface area contributed by atoms with Crippen molar-refractivity contribution in [2.75, 3.05) is 0 Å². The molecule has 1 N–H and O–H groups in total. The van der Waals surface area contributed by atoms with Crippen LogP contribution in [-0.2, 0) is 11.2 Å². The lowest BCUT2D eigenvalue weighted by Gasteiger charge is -2.29. The van der Waals surface area contributed by atoms with Crippen molar-refractivity contribution in [1.29, 1.82) is 0 Å². The zero-order valence-corrected chi connectivity index (χ0v) is 10.9. The molecule has 0 fully saturated rings. The Kier molecular flexibility index (Phi) is 4.15. The molecule has 0 aliphatic heterocycles. The number of carboxylic acid groups (broad SMARTS) is 1. The van der Waals surface area contributed by atoms with E-state index in [4.69, 9.17) is 11.6 Å². The lowest BCUT2D eigenvalue weighted by molar-refractivity contribution is -0.150. The van der Waals surface area contributed by atoms with Gasteiger partial charge in [0.1, 0.15) is 5.82 Å². The van der Waals surface area contributed by atoms with E-state index in [-0.39, 0.29) is 17.4 Å². The van der Waals surface area contributed by atoms with E-state index in [2.05, 4.69) is 0 Å². The van der Waals surface area contributed by atoms with Gasteiger partial charge in [0.15, 0.2) is 0 Å². The molecule has 17 heavy (non-hydrogen) atoms. The maximum absolute atomic E-state index is 13.3. The Bertz CT molecular complexity index is 431. The number of carboxylic acids is 1. The van der Waals surface area contributed by atoms with Gasteiger partial charge in [-0.05, 0) is 37.0 Å². The fraction of sp³-hybridized carbons (Fsp3) is 0.462. The van der Waals surface area contributed by atoms with Gasteiger partial charge < -0.3 is 5.11 Å². The summed E-state index contributed by atoms with van der Waals surface area (Å²) < 4.78 is 13.3. The van der Waals surface area contributed by atoms with Gasteiger partial charge in [-0.25, -0.2) is 4.39 Å². The topological polar surface area (TPSA) is 37.3 Å². The second-order valence-electron chi connectivity index (χ2n) is 4.80. The van der Waals surface area contributed by atoms with Crippen LogP contribution in [0.15, 0.2) is 18.2 Å². The Morgan fingerprint density at radius 1 is 1.53 bits per heavy atom. The third kappa shape index (κ3) is 2.97. The van der Waals surface area contributed by atoms with E-state index in [1.165, 1.54) is 12.1 Å². The molecule has 4 heteroatoms. The Morgan fingerprint density at radius 3 is 2.53 bits per heavy atom. The van der Waals surface area contributed by atoms with Crippen molar-refractivity contribution >= 4 is 17.6 Å². The van der Waals surface area contributed by atoms with Crippen LogP contribution in [-0.4, -0.2) is 11.1 Å². The highest BCUT2D eigenvalue weighted by Gasteiger charge is 2.36. The normalized spacial score (nSPS) is 14.7. The molecular weight excluding hydrogens is 243 g/mol. The molecular formula is C13H16ClFO2. The van der Waals surface area contributed by atoms with Gasteiger partial charge in [-0.1, -0.05) is 31.5 Å². The van der Waals surface area contributed by atoms with Gasteiger partial charge in [0.25, 0.3) is 0 Å². The maximum atomic E-state index is 13.3. The number of hydrogen-bond acceptors (Lipinski definition) is 1. The second-order valence-corrected chi connectivity index (χ2v) is 5.21. The van der Waals surface area contributed by atoms with Gasteiger partial charge in [-0.3, -0.25) is 4.79 Å². The van der Waals surface area contributed by atoms with Crippen LogP contribution in [0.4, 0.5) is 4.39 Å². The molecule has 0 aromatic heterocycles. The third-order valence-corrected chi connectivity index (χ3v) is 3.62. The first-order valence-electron chi connectivity index (χ1n) is 5.44. The second kappa shape index (κ2) is 5.05. The summed E-state index contributed by atoms with van der Waals surface area (Å²) in [6, 6.07) is 4.41. The zero-order valence-electron chi connectivity index (χ0n) is 10.1. The van der Waals surface area contributed by atoms with Gasteiger partial charge >= 0.3 is 5.97 Å². The molecule has 0 aliphatic carbocycles. The lowest BCUT2D eigenvalue weighted by atomic mass is 9.74. The van der Waals surface area contributed by atoms with Crippen LogP contribution in [0.2, 0.25) is 5.02 Å². The molecule has 1 atom stereocenters. The number of hydrogen-bond donors (Lipinski definition) is 1. The fourth-order valence-corrected chi connectivity index (χ4v) is 1.72. The van der Waals surface area contributed by atoms with Gasteiger partial charge in [0.05, 0.1) is 10.4 Å². The van der Waals surface area contributed by atoms with Crippen LogP contribution in [0.1, 0.15) is 26.3 Å². The number of benzene rings is 1. The van der Waals surface area contributed by atoms with Crippen LogP contribution in [0.3, 0.4) is 0 Å². The van der Waals surface area contributed by atoms with E-state index < -0.39 is 17.2 Å². The van der Waals surface area contributed by atoms with Crippen molar-refractivity contribution in [2.24, 2.45) is 11.3 Å². The van der Waals surface area contributed by atoms with Gasteiger partial charge in [0, 0.05) is 0 Å². The summed E-state index contributed by atoms with van der Waals surface area (Å²) in [6.07, 6.45) is 0.286. The molecule has 0 saturated heterocycles. The molecule has 1 unspecified atom stereocenters. The van der Waals surface area contributed by atoms with Crippen molar-refractivity contribution in [1.82, 2.24) is 0 Å². The predicted octanol–water partition coefficient (Wildman–Crippen LogP) is 3.77. The van der Waals surface area contributed by atoms with Crippen LogP contribution in [0, 0.1) is 17.2 Å². The minimum atomic E-state index is -0.903. The number of carbonyl (C=O) groups is 1. The molecule has 0 spiro atoms. The van der Waals surface area contributed by atoms with Crippen molar-refractivity contribution < 1.29 is 14.3 Å². The van der Waals surface area contributed by atoms with Gasteiger partial charge in [-0.15, -0.1) is 0 Å². The molecule has 1 aromatic rings. The average Bonchev–Trinajstić information content (AvgIpc) is 2.22. The third-order valence-electron chi connectivity index (χ3n) is 3.32. The smallest absolute Gasteiger partial charge is 0.309 e. The lowest BCUT2D eigenvalue weighted by Crippen LogP contribution is -2.35. The number of halogens is 2. The Morgan fingerprint density at radius 2 is 2.12 bits per heavy atom. The van der Waals surface area contributed by atoms with E-state index in [1.54, 1.807) is 13.0 Å². The monoisotopic (exact) mass is 258 g/mol. The Labute approximate surface area is 105 Å². The van der Waals surface area contributed by atoms with Crippen molar-refractivity contribution in [3.05, 3.63) is 34.6 Å². The minimum Gasteiger partial charge on any atom is -0.481 e. The summed E-state index contributed by atoms with van der Waals surface area (Å²) in [7, 11) is 0. The molecule has 0 aliphatic rings. The summed E-state index contributed by atoms with van der Waals surface area (Å²) in [6.45, 7) is 5.37. The van der Waals surface area contributed by atoms with Crippen LogP contribution in [0.5, 0.6) is 0 Å². The summed E-state index contributed by atoms with van der Waals surface area (Å²) in [4.78, 5) is 11.3. The predicted molar refractivity (Wildman–Crippen MR) is 65.7 cm³/mol. The summed E-state index contributed by atoms with van der Waals surface area (Å²) in [5.74, 6) is -1.43. The van der Waals surface area contributed by atoms with Crippen molar-refractivity contribution in [2.45, 2.75) is 27.2 Å². The first-order valence-corrected chi connectivity index (χ1v) is 5.82. The highest BCUT2D eigenvalue weighted by Crippen LogP contribution is 2.32. The fourth-order valence-electron chi connectivity index (χ4n) is 1.60. The van der Waals surface area contributed by atoms with E-state index >= 15 is 0 Å². The summed E-state index contributed by atoms with van der Waals surface area (Å²) in [5, 5.41) is 9.32. The highest BCUT2D eigenvalue weighted by atomic mass is 35.5.